The van der Waals surface area contributed by atoms with Crippen molar-refractivity contribution in [1.29, 1.82) is 0 Å². The molecule has 0 aliphatic rings. The van der Waals surface area contributed by atoms with Gasteiger partial charge in [-0.15, -0.1) is 0 Å². The summed E-state index contributed by atoms with van der Waals surface area (Å²) >= 11 is 0. The number of hydrogen-bond donors (Lipinski definition) is 1. The van der Waals surface area contributed by atoms with Crippen LogP contribution < -0.4 is 5.73 Å². The van der Waals surface area contributed by atoms with Crippen LogP contribution in [-0.4, -0.2) is 38.9 Å². The van der Waals surface area contributed by atoms with Gasteiger partial charge in [0.05, 0.1) is 17.4 Å². The molecule has 0 saturated carbocycles. The molecular weight excluding hydrogens is 290 g/mol. The molecule has 120 valence electrons. The number of benzene rings is 1. The molecule has 3 rings (SSSR count). The molecule has 0 saturated heterocycles. The number of unbranched alkanes of at least 4 members (excludes halogenated alkanes) is 1. The molecule has 23 heavy (non-hydrogen) atoms. The molecule has 0 atom stereocenters. The molecule has 0 aliphatic heterocycles. The Morgan fingerprint density at radius 2 is 2.09 bits per heavy atom. The monoisotopic (exact) mass is 311 g/mol. The van der Waals surface area contributed by atoms with Crippen LogP contribution in [0.25, 0.3) is 21.9 Å². The van der Waals surface area contributed by atoms with Crippen molar-refractivity contribution >= 4 is 33.7 Å². The highest BCUT2D eigenvalue weighted by atomic mass is 16.2. The number of hydrogen-bond acceptors (Lipinski definition) is 4. The molecule has 2 N–H and O–H groups in total. The van der Waals surface area contributed by atoms with Gasteiger partial charge in [0.1, 0.15) is 5.52 Å². The Hall–Kier alpha value is -2.63. The summed E-state index contributed by atoms with van der Waals surface area (Å²) in [5, 5.41) is 1.06. The second-order valence-corrected chi connectivity index (χ2v) is 5.80. The maximum atomic E-state index is 11.2. The lowest BCUT2D eigenvalue weighted by Gasteiger charge is -2.14. The highest BCUT2D eigenvalue weighted by Gasteiger charge is 2.11. The van der Waals surface area contributed by atoms with E-state index in [1.165, 1.54) is 0 Å². The van der Waals surface area contributed by atoms with Gasteiger partial charge < -0.3 is 15.2 Å². The molecule has 0 spiro atoms. The van der Waals surface area contributed by atoms with Crippen LogP contribution in [0.3, 0.4) is 0 Å². The first kappa shape index (κ1) is 15.3. The van der Waals surface area contributed by atoms with Crippen molar-refractivity contribution in [2.45, 2.75) is 26.3 Å². The quantitative estimate of drug-likeness (QED) is 0.734. The van der Waals surface area contributed by atoms with Crippen LogP contribution in [0.4, 0.5) is 5.82 Å². The maximum Gasteiger partial charge on any atom is 0.219 e. The Labute approximate surface area is 134 Å². The summed E-state index contributed by atoms with van der Waals surface area (Å²) in [6, 6.07) is 7.97. The Kier molecular flexibility index (Phi) is 4.14. The summed E-state index contributed by atoms with van der Waals surface area (Å²) in [4.78, 5) is 21.8. The Bertz CT molecular complexity index is 855. The van der Waals surface area contributed by atoms with Crippen molar-refractivity contribution in [3.63, 3.8) is 0 Å². The van der Waals surface area contributed by atoms with Gasteiger partial charge in [0.15, 0.2) is 5.82 Å². The number of carbonyl (C=O) groups is 1. The number of aromatic nitrogens is 3. The van der Waals surface area contributed by atoms with Gasteiger partial charge in [-0.3, -0.25) is 4.79 Å². The van der Waals surface area contributed by atoms with Crippen LogP contribution in [0.15, 0.2) is 30.6 Å². The molecule has 0 bridgehead atoms. The normalized spacial score (nSPS) is 11.2. The number of rotatable bonds is 5. The van der Waals surface area contributed by atoms with Crippen molar-refractivity contribution in [3.05, 3.63) is 30.6 Å². The zero-order valence-corrected chi connectivity index (χ0v) is 13.5. The van der Waals surface area contributed by atoms with Crippen molar-refractivity contribution in [2.24, 2.45) is 0 Å². The fourth-order valence-corrected chi connectivity index (χ4v) is 2.76. The molecule has 6 nitrogen and oxygen atoms in total. The lowest BCUT2D eigenvalue weighted by atomic mass is 10.2. The lowest BCUT2D eigenvalue weighted by Crippen LogP contribution is -2.24. The third-order valence-corrected chi connectivity index (χ3v) is 4.16. The molecular formula is C17H21N5O. The topological polar surface area (TPSA) is 77.0 Å². The largest absolute Gasteiger partial charge is 0.382 e. The van der Waals surface area contributed by atoms with E-state index in [9.17, 15) is 4.79 Å². The SMILES string of the molecule is CC(=O)N(C)CCCCn1cnc2c(N)nc3ccccc3c21. The minimum atomic E-state index is 0.0999. The van der Waals surface area contributed by atoms with Gasteiger partial charge >= 0.3 is 0 Å². The second kappa shape index (κ2) is 6.24. The molecule has 2 aromatic heterocycles. The van der Waals surface area contributed by atoms with Crippen LogP contribution in [0, 0.1) is 0 Å². The number of amides is 1. The average molecular weight is 311 g/mol. The number of aryl methyl sites for hydroxylation is 1. The van der Waals surface area contributed by atoms with E-state index in [-0.39, 0.29) is 5.91 Å². The first-order valence-corrected chi connectivity index (χ1v) is 7.78. The predicted molar refractivity (Wildman–Crippen MR) is 92.0 cm³/mol. The fraction of sp³-hybridized carbons (Fsp3) is 0.353. The minimum absolute atomic E-state index is 0.0999. The number of nitrogens with zero attached hydrogens (tertiary/aromatic N) is 4. The molecule has 6 heteroatoms. The number of nitrogens with two attached hydrogens (primary N) is 1. The number of anilines is 1. The first-order valence-electron chi connectivity index (χ1n) is 7.78. The van der Waals surface area contributed by atoms with Gasteiger partial charge in [0.2, 0.25) is 5.91 Å². The summed E-state index contributed by atoms with van der Waals surface area (Å²) in [6.07, 6.45) is 3.75. The van der Waals surface area contributed by atoms with E-state index in [1.807, 2.05) is 37.6 Å². The highest BCUT2D eigenvalue weighted by Crippen LogP contribution is 2.27. The summed E-state index contributed by atoms with van der Waals surface area (Å²) in [5.41, 5.74) is 8.71. The van der Waals surface area contributed by atoms with E-state index in [1.54, 1.807) is 11.8 Å². The number of nitrogen functional groups attached to an aromatic ring is 1. The molecule has 0 aliphatic carbocycles. The summed E-state index contributed by atoms with van der Waals surface area (Å²) in [7, 11) is 1.83. The van der Waals surface area contributed by atoms with Crippen LogP contribution in [0.5, 0.6) is 0 Å². The standard InChI is InChI=1S/C17H21N5O/c1-12(23)21(2)9-5-6-10-22-11-19-15-16(22)13-7-3-4-8-14(13)20-17(15)18/h3-4,7-8,11H,5-6,9-10H2,1-2H3,(H2,18,20). The van der Waals surface area contributed by atoms with Gasteiger partial charge in [-0.2, -0.15) is 0 Å². The minimum Gasteiger partial charge on any atom is -0.382 e. The molecule has 2 heterocycles. The van der Waals surface area contributed by atoms with E-state index in [4.69, 9.17) is 5.73 Å². The van der Waals surface area contributed by atoms with Crippen molar-refractivity contribution < 1.29 is 4.79 Å². The molecule has 1 aromatic carbocycles. The third-order valence-electron chi connectivity index (χ3n) is 4.16. The van der Waals surface area contributed by atoms with Gasteiger partial charge in [0.25, 0.3) is 0 Å². The number of imidazole rings is 1. The molecule has 0 unspecified atom stereocenters. The summed E-state index contributed by atoms with van der Waals surface area (Å²) < 4.78 is 2.13. The fourth-order valence-electron chi connectivity index (χ4n) is 2.76. The van der Waals surface area contributed by atoms with Gasteiger partial charge in [0, 0.05) is 32.4 Å². The first-order chi connectivity index (χ1) is 11.1. The molecule has 1 amide bonds. The average Bonchev–Trinajstić information content (AvgIpc) is 2.96. The van der Waals surface area contributed by atoms with Crippen molar-refractivity contribution in [2.75, 3.05) is 19.3 Å². The Balaban J connectivity index is 1.83. The predicted octanol–water partition coefficient (Wildman–Crippen LogP) is 2.43. The van der Waals surface area contributed by atoms with Crippen molar-refractivity contribution in [3.8, 4) is 0 Å². The van der Waals surface area contributed by atoms with E-state index in [0.717, 1.165) is 47.9 Å². The van der Waals surface area contributed by atoms with E-state index in [2.05, 4.69) is 14.5 Å². The zero-order chi connectivity index (χ0) is 16.4. The van der Waals surface area contributed by atoms with Crippen LogP contribution in [-0.2, 0) is 11.3 Å². The number of carbonyl (C=O) groups excluding carboxylic acids is 1. The zero-order valence-electron chi connectivity index (χ0n) is 13.5. The number of fused-ring (bicyclic) bond motifs is 3. The maximum absolute atomic E-state index is 11.2. The second-order valence-electron chi connectivity index (χ2n) is 5.80. The third kappa shape index (κ3) is 2.97. The number of pyridine rings is 1. The van der Waals surface area contributed by atoms with Crippen LogP contribution in [0.2, 0.25) is 0 Å². The van der Waals surface area contributed by atoms with Gasteiger partial charge in [-0.25, -0.2) is 9.97 Å². The highest BCUT2D eigenvalue weighted by molar-refractivity contribution is 6.06. The van der Waals surface area contributed by atoms with Gasteiger partial charge in [-0.1, -0.05) is 18.2 Å². The molecule has 0 fully saturated rings. The smallest absolute Gasteiger partial charge is 0.219 e. The molecule has 3 aromatic rings. The van der Waals surface area contributed by atoms with E-state index >= 15 is 0 Å². The Morgan fingerprint density at radius 1 is 1.30 bits per heavy atom. The van der Waals surface area contributed by atoms with E-state index in [0.29, 0.717) is 5.82 Å². The summed E-state index contributed by atoms with van der Waals surface area (Å²) in [5.74, 6) is 0.566. The van der Waals surface area contributed by atoms with Crippen LogP contribution in [0.1, 0.15) is 19.8 Å². The van der Waals surface area contributed by atoms with E-state index < -0.39 is 0 Å². The lowest BCUT2D eigenvalue weighted by molar-refractivity contribution is -0.127. The van der Waals surface area contributed by atoms with Crippen LogP contribution >= 0.6 is 0 Å². The molecule has 0 radical (unpaired) electrons. The number of para-hydroxylation sites is 1. The van der Waals surface area contributed by atoms with Crippen molar-refractivity contribution in [1.82, 2.24) is 19.4 Å². The van der Waals surface area contributed by atoms with Gasteiger partial charge in [-0.05, 0) is 18.9 Å². The summed E-state index contributed by atoms with van der Waals surface area (Å²) in [6.45, 7) is 3.20. The Morgan fingerprint density at radius 3 is 2.87 bits per heavy atom.